The van der Waals surface area contributed by atoms with Crippen molar-refractivity contribution < 1.29 is 13.5 Å². The van der Waals surface area contributed by atoms with E-state index in [1.54, 1.807) is 16.4 Å². The molecule has 1 heterocycles. The van der Waals surface area contributed by atoms with Gasteiger partial charge in [-0.25, -0.2) is 8.42 Å². The maximum absolute atomic E-state index is 13.1. The summed E-state index contributed by atoms with van der Waals surface area (Å²) in [7, 11) is -3.54. The number of β-amino-alcohol motifs (C(OH)–C–C–N with tert-alkyl or cyclic N) is 1. The summed E-state index contributed by atoms with van der Waals surface area (Å²) in [5.41, 5.74) is 1.63. The van der Waals surface area contributed by atoms with Gasteiger partial charge in [-0.2, -0.15) is 4.31 Å². The maximum Gasteiger partial charge on any atom is 0.243 e. The van der Waals surface area contributed by atoms with E-state index in [-0.39, 0.29) is 6.61 Å². The van der Waals surface area contributed by atoms with E-state index >= 15 is 0 Å². The van der Waals surface area contributed by atoms with E-state index in [1.165, 1.54) is 0 Å². The van der Waals surface area contributed by atoms with Crippen LogP contribution in [0.15, 0.2) is 59.5 Å². The Morgan fingerprint density at radius 2 is 1.50 bits per heavy atom. The van der Waals surface area contributed by atoms with Crippen molar-refractivity contribution in [2.45, 2.75) is 4.90 Å². The number of benzene rings is 2. The second-order valence-electron chi connectivity index (χ2n) is 5.83. The zero-order valence-corrected chi connectivity index (χ0v) is 14.3. The van der Waals surface area contributed by atoms with Crippen molar-refractivity contribution in [1.82, 2.24) is 9.21 Å². The van der Waals surface area contributed by atoms with Crippen molar-refractivity contribution in [2.24, 2.45) is 0 Å². The van der Waals surface area contributed by atoms with E-state index in [9.17, 15) is 8.42 Å². The van der Waals surface area contributed by atoms with Crippen LogP contribution in [0.5, 0.6) is 0 Å². The van der Waals surface area contributed by atoms with Crippen LogP contribution in [0.25, 0.3) is 11.1 Å². The molecule has 24 heavy (non-hydrogen) atoms. The van der Waals surface area contributed by atoms with Crippen LogP contribution in [0.4, 0.5) is 0 Å². The van der Waals surface area contributed by atoms with E-state index in [4.69, 9.17) is 5.11 Å². The summed E-state index contributed by atoms with van der Waals surface area (Å²) in [6, 6.07) is 16.7. The number of nitrogens with zero attached hydrogens (tertiary/aromatic N) is 2. The molecule has 3 rings (SSSR count). The fourth-order valence-corrected chi connectivity index (χ4v) is 4.66. The molecule has 5 nitrogen and oxygen atoms in total. The third-order valence-electron chi connectivity index (χ3n) is 4.34. The monoisotopic (exact) mass is 346 g/mol. The molecule has 1 aliphatic heterocycles. The zero-order valence-electron chi connectivity index (χ0n) is 13.5. The molecule has 0 atom stereocenters. The van der Waals surface area contributed by atoms with Gasteiger partial charge in [0.25, 0.3) is 0 Å². The highest BCUT2D eigenvalue weighted by molar-refractivity contribution is 7.89. The Balaban J connectivity index is 1.89. The Morgan fingerprint density at radius 1 is 0.875 bits per heavy atom. The number of aliphatic hydroxyl groups excluding tert-OH is 1. The highest BCUT2D eigenvalue weighted by Gasteiger charge is 2.30. The van der Waals surface area contributed by atoms with Gasteiger partial charge in [0, 0.05) is 38.3 Å². The normalized spacial score (nSPS) is 17.0. The summed E-state index contributed by atoms with van der Waals surface area (Å²) >= 11 is 0. The molecule has 0 unspecified atom stereocenters. The molecular weight excluding hydrogens is 324 g/mol. The maximum atomic E-state index is 13.1. The first-order valence-electron chi connectivity index (χ1n) is 8.11. The average molecular weight is 346 g/mol. The predicted molar refractivity (Wildman–Crippen MR) is 94.2 cm³/mol. The lowest BCUT2D eigenvalue weighted by atomic mass is 10.1. The minimum atomic E-state index is -3.54. The zero-order chi connectivity index (χ0) is 17.0. The second kappa shape index (κ2) is 7.44. The topological polar surface area (TPSA) is 60.9 Å². The van der Waals surface area contributed by atoms with Gasteiger partial charge < -0.3 is 5.11 Å². The molecule has 0 aliphatic carbocycles. The molecule has 128 valence electrons. The highest BCUT2D eigenvalue weighted by atomic mass is 32.2. The van der Waals surface area contributed by atoms with Gasteiger partial charge in [-0.05, 0) is 11.6 Å². The fraction of sp³-hybridized carbons (Fsp3) is 0.333. The van der Waals surface area contributed by atoms with Crippen LogP contribution in [-0.2, 0) is 10.0 Å². The molecule has 1 saturated heterocycles. The molecule has 2 aromatic rings. The van der Waals surface area contributed by atoms with Crippen LogP contribution in [0.1, 0.15) is 0 Å². The Kier molecular flexibility index (Phi) is 5.30. The Bertz CT molecular complexity index is 770. The summed E-state index contributed by atoms with van der Waals surface area (Å²) < 4.78 is 27.8. The number of hydrogen-bond acceptors (Lipinski definition) is 4. The first-order chi connectivity index (χ1) is 11.6. The molecule has 0 amide bonds. The van der Waals surface area contributed by atoms with E-state index in [0.717, 1.165) is 11.1 Å². The second-order valence-corrected chi connectivity index (χ2v) is 7.74. The first kappa shape index (κ1) is 17.1. The molecule has 2 aromatic carbocycles. The Morgan fingerprint density at radius 3 is 2.17 bits per heavy atom. The van der Waals surface area contributed by atoms with Gasteiger partial charge in [-0.1, -0.05) is 48.5 Å². The summed E-state index contributed by atoms with van der Waals surface area (Å²) in [5, 5.41) is 9.01. The van der Waals surface area contributed by atoms with Crippen molar-refractivity contribution in [1.29, 1.82) is 0 Å². The number of rotatable bonds is 5. The Labute approximate surface area is 143 Å². The van der Waals surface area contributed by atoms with Crippen molar-refractivity contribution in [2.75, 3.05) is 39.3 Å². The molecule has 0 saturated carbocycles. The lowest BCUT2D eigenvalue weighted by molar-refractivity contribution is 0.151. The Hall–Kier alpha value is -1.73. The first-order valence-corrected chi connectivity index (χ1v) is 9.55. The van der Waals surface area contributed by atoms with Crippen LogP contribution < -0.4 is 0 Å². The minimum absolute atomic E-state index is 0.101. The van der Waals surface area contributed by atoms with E-state index in [1.807, 2.05) is 42.5 Å². The molecular formula is C18H22N2O3S. The predicted octanol–water partition coefficient (Wildman–Crippen LogP) is 1.65. The standard InChI is InChI=1S/C18H22N2O3S/c21-15-14-19-10-12-20(13-11-19)24(22,23)18-9-5-4-8-17(18)16-6-2-1-3-7-16/h1-9,21H,10-15H2. The number of hydrogen-bond donors (Lipinski definition) is 1. The molecule has 6 heteroatoms. The number of aliphatic hydroxyl groups is 1. The highest BCUT2D eigenvalue weighted by Crippen LogP contribution is 2.29. The minimum Gasteiger partial charge on any atom is -0.395 e. The van der Waals surface area contributed by atoms with E-state index in [2.05, 4.69) is 4.90 Å². The van der Waals surface area contributed by atoms with Crippen LogP contribution >= 0.6 is 0 Å². The van der Waals surface area contributed by atoms with E-state index < -0.39 is 10.0 Å². The molecule has 0 radical (unpaired) electrons. The van der Waals surface area contributed by atoms with Crippen LogP contribution in [0.3, 0.4) is 0 Å². The van der Waals surface area contributed by atoms with Gasteiger partial charge in [0.1, 0.15) is 0 Å². The van der Waals surface area contributed by atoms with Crippen molar-refractivity contribution >= 4 is 10.0 Å². The van der Waals surface area contributed by atoms with Gasteiger partial charge in [0.05, 0.1) is 11.5 Å². The van der Waals surface area contributed by atoms with Gasteiger partial charge in [-0.15, -0.1) is 0 Å². The molecule has 1 aliphatic rings. The van der Waals surface area contributed by atoms with E-state index in [0.29, 0.717) is 37.6 Å². The summed E-state index contributed by atoms with van der Waals surface area (Å²) in [5.74, 6) is 0. The van der Waals surface area contributed by atoms with Gasteiger partial charge in [-0.3, -0.25) is 4.90 Å². The van der Waals surface area contributed by atoms with Crippen LogP contribution in [0.2, 0.25) is 0 Å². The SMILES string of the molecule is O=S(=O)(c1ccccc1-c1ccccc1)N1CCN(CCO)CC1. The summed E-state index contributed by atoms with van der Waals surface area (Å²) in [4.78, 5) is 2.43. The molecule has 1 fully saturated rings. The van der Waals surface area contributed by atoms with Gasteiger partial charge in [0.2, 0.25) is 10.0 Å². The quantitative estimate of drug-likeness (QED) is 0.894. The lowest BCUT2D eigenvalue weighted by Gasteiger charge is -2.33. The van der Waals surface area contributed by atoms with Crippen molar-refractivity contribution in [3.05, 3.63) is 54.6 Å². The summed E-state index contributed by atoms with van der Waals surface area (Å²) in [6.07, 6.45) is 0. The smallest absolute Gasteiger partial charge is 0.243 e. The van der Waals surface area contributed by atoms with Crippen LogP contribution in [0, 0.1) is 0 Å². The van der Waals surface area contributed by atoms with Crippen LogP contribution in [-0.4, -0.2) is 62.1 Å². The van der Waals surface area contributed by atoms with Crippen molar-refractivity contribution in [3.63, 3.8) is 0 Å². The number of piperazine rings is 1. The van der Waals surface area contributed by atoms with Gasteiger partial charge in [0.15, 0.2) is 0 Å². The molecule has 0 bridgehead atoms. The molecule has 1 N–H and O–H groups in total. The third kappa shape index (κ3) is 3.52. The van der Waals surface area contributed by atoms with Gasteiger partial charge >= 0.3 is 0 Å². The van der Waals surface area contributed by atoms with Crippen molar-refractivity contribution in [3.8, 4) is 11.1 Å². The largest absolute Gasteiger partial charge is 0.395 e. The number of sulfonamides is 1. The third-order valence-corrected chi connectivity index (χ3v) is 6.29. The lowest BCUT2D eigenvalue weighted by Crippen LogP contribution is -2.49. The summed E-state index contributed by atoms with van der Waals surface area (Å²) in [6.45, 7) is 2.88. The molecule has 0 aromatic heterocycles. The fourth-order valence-electron chi connectivity index (χ4n) is 3.02. The molecule has 0 spiro atoms. The average Bonchev–Trinajstić information content (AvgIpc) is 2.63.